The summed E-state index contributed by atoms with van der Waals surface area (Å²) < 4.78 is 0. The largest absolute Gasteiger partial charge is 0.480 e. The summed E-state index contributed by atoms with van der Waals surface area (Å²) in [7, 11) is 0. The zero-order chi connectivity index (χ0) is 10.7. The summed E-state index contributed by atoms with van der Waals surface area (Å²) >= 11 is 0. The SMILES string of the molecule is C=CCC1CC[C@@H](C(=O)O)N1C(=O)O. The molecule has 0 saturated carbocycles. The van der Waals surface area contributed by atoms with Crippen LogP contribution in [0.3, 0.4) is 0 Å². The Balaban J connectivity index is 2.79. The molecule has 2 atom stereocenters. The molecule has 1 aliphatic rings. The summed E-state index contributed by atoms with van der Waals surface area (Å²) in [6.45, 7) is 3.52. The Morgan fingerprint density at radius 1 is 1.43 bits per heavy atom. The molecule has 78 valence electrons. The predicted molar refractivity (Wildman–Crippen MR) is 49.1 cm³/mol. The second-order valence-electron chi connectivity index (χ2n) is 3.30. The number of nitrogens with zero attached hydrogens (tertiary/aromatic N) is 1. The lowest BCUT2D eigenvalue weighted by Gasteiger charge is -2.24. The lowest BCUT2D eigenvalue weighted by Crippen LogP contribution is -2.43. The number of hydrogen-bond donors (Lipinski definition) is 2. The van der Waals surface area contributed by atoms with Crippen molar-refractivity contribution in [2.45, 2.75) is 31.3 Å². The Morgan fingerprint density at radius 2 is 2.07 bits per heavy atom. The van der Waals surface area contributed by atoms with Gasteiger partial charge < -0.3 is 10.2 Å². The molecule has 5 heteroatoms. The Hall–Kier alpha value is -1.52. The molecule has 0 aliphatic carbocycles. The van der Waals surface area contributed by atoms with Crippen LogP contribution in [0.2, 0.25) is 0 Å². The maximum atomic E-state index is 10.8. The quantitative estimate of drug-likeness (QED) is 0.668. The van der Waals surface area contributed by atoms with Crippen LogP contribution >= 0.6 is 0 Å². The van der Waals surface area contributed by atoms with Crippen LogP contribution < -0.4 is 0 Å². The Kier molecular flexibility index (Phi) is 3.11. The Bertz CT molecular complexity index is 264. The van der Waals surface area contributed by atoms with Crippen molar-refractivity contribution in [1.29, 1.82) is 0 Å². The summed E-state index contributed by atoms with van der Waals surface area (Å²) in [6.07, 6.45) is 1.94. The van der Waals surface area contributed by atoms with Gasteiger partial charge in [-0.1, -0.05) is 6.08 Å². The second kappa shape index (κ2) is 4.13. The molecule has 2 N–H and O–H groups in total. The van der Waals surface area contributed by atoms with Gasteiger partial charge in [-0.05, 0) is 19.3 Å². The summed E-state index contributed by atoms with van der Waals surface area (Å²) in [5.41, 5.74) is 0. The highest BCUT2D eigenvalue weighted by atomic mass is 16.4. The maximum absolute atomic E-state index is 10.8. The average Bonchev–Trinajstić information content (AvgIpc) is 2.48. The zero-order valence-electron chi connectivity index (χ0n) is 7.72. The molecule has 1 heterocycles. The molecule has 1 rings (SSSR count). The van der Waals surface area contributed by atoms with E-state index in [9.17, 15) is 9.59 Å². The number of carbonyl (C=O) groups is 2. The molecule has 5 nitrogen and oxygen atoms in total. The number of carboxylic acids is 1. The fourth-order valence-corrected chi connectivity index (χ4v) is 1.84. The van der Waals surface area contributed by atoms with Crippen molar-refractivity contribution < 1.29 is 19.8 Å². The normalized spacial score (nSPS) is 26.1. The van der Waals surface area contributed by atoms with Gasteiger partial charge in [-0.2, -0.15) is 0 Å². The molecule has 0 spiro atoms. The third-order valence-corrected chi connectivity index (χ3v) is 2.45. The molecule has 14 heavy (non-hydrogen) atoms. The van der Waals surface area contributed by atoms with Gasteiger partial charge in [0.25, 0.3) is 0 Å². The van der Waals surface area contributed by atoms with Crippen molar-refractivity contribution in [3.8, 4) is 0 Å². The van der Waals surface area contributed by atoms with Crippen LogP contribution in [0, 0.1) is 0 Å². The van der Waals surface area contributed by atoms with Crippen LogP contribution in [0.4, 0.5) is 4.79 Å². The number of aliphatic carboxylic acids is 1. The molecular formula is C9H13NO4. The molecule has 0 bridgehead atoms. The van der Waals surface area contributed by atoms with Gasteiger partial charge in [0.05, 0.1) is 0 Å². The van der Waals surface area contributed by atoms with Crippen molar-refractivity contribution >= 4 is 12.1 Å². The first kappa shape index (κ1) is 10.6. The van der Waals surface area contributed by atoms with Crippen molar-refractivity contribution in [3.63, 3.8) is 0 Å². The van der Waals surface area contributed by atoms with E-state index in [1.807, 2.05) is 0 Å². The Morgan fingerprint density at radius 3 is 2.50 bits per heavy atom. The summed E-state index contributed by atoms with van der Waals surface area (Å²) in [4.78, 5) is 22.6. The molecule has 1 fully saturated rings. The molecule has 1 amide bonds. The van der Waals surface area contributed by atoms with E-state index in [0.717, 1.165) is 4.90 Å². The smallest absolute Gasteiger partial charge is 0.408 e. The van der Waals surface area contributed by atoms with Crippen LogP contribution in [0.15, 0.2) is 12.7 Å². The number of amides is 1. The minimum Gasteiger partial charge on any atom is -0.480 e. The topological polar surface area (TPSA) is 77.8 Å². The van der Waals surface area contributed by atoms with Crippen LogP contribution in [-0.2, 0) is 4.79 Å². The third kappa shape index (κ3) is 1.86. The van der Waals surface area contributed by atoms with E-state index in [2.05, 4.69) is 6.58 Å². The number of rotatable bonds is 3. The van der Waals surface area contributed by atoms with Crippen LogP contribution in [-0.4, -0.2) is 39.3 Å². The summed E-state index contributed by atoms with van der Waals surface area (Å²) in [5.74, 6) is -1.07. The Labute approximate surface area is 81.6 Å². The van der Waals surface area contributed by atoms with E-state index >= 15 is 0 Å². The maximum Gasteiger partial charge on any atom is 0.408 e. The molecule has 0 aromatic carbocycles. The highest BCUT2D eigenvalue weighted by Gasteiger charge is 2.40. The highest BCUT2D eigenvalue weighted by Crippen LogP contribution is 2.26. The summed E-state index contributed by atoms with van der Waals surface area (Å²) in [5, 5.41) is 17.6. The van der Waals surface area contributed by atoms with Crippen LogP contribution in [0.1, 0.15) is 19.3 Å². The molecule has 1 unspecified atom stereocenters. The molecule has 0 aromatic rings. The highest BCUT2D eigenvalue weighted by molar-refractivity contribution is 5.80. The number of hydrogen-bond acceptors (Lipinski definition) is 2. The van der Waals surface area contributed by atoms with E-state index in [0.29, 0.717) is 19.3 Å². The van der Waals surface area contributed by atoms with Crippen molar-refractivity contribution in [1.82, 2.24) is 4.90 Å². The van der Waals surface area contributed by atoms with Crippen molar-refractivity contribution in [2.75, 3.05) is 0 Å². The third-order valence-electron chi connectivity index (χ3n) is 2.45. The van der Waals surface area contributed by atoms with E-state index in [-0.39, 0.29) is 6.04 Å². The first-order valence-electron chi connectivity index (χ1n) is 4.43. The second-order valence-corrected chi connectivity index (χ2v) is 3.30. The lowest BCUT2D eigenvalue weighted by molar-refractivity contribution is -0.142. The van der Waals surface area contributed by atoms with E-state index in [1.165, 1.54) is 0 Å². The lowest BCUT2D eigenvalue weighted by atomic mass is 10.1. The molecule has 0 aromatic heterocycles. The minimum absolute atomic E-state index is 0.230. The predicted octanol–water partition coefficient (Wildman–Crippen LogP) is 1.16. The average molecular weight is 199 g/mol. The monoisotopic (exact) mass is 199 g/mol. The number of carboxylic acid groups (broad SMARTS) is 2. The molecular weight excluding hydrogens is 186 g/mol. The molecule has 1 aliphatic heterocycles. The van der Waals surface area contributed by atoms with Crippen molar-refractivity contribution in [2.24, 2.45) is 0 Å². The standard InChI is InChI=1S/C9H13NO4/c1-2-3-6-4-5-7(8(11)12)10(6)9(13)14/h2,6-7H,1,3-5H2,(H,11,12)(H,13,14)/t6?,7-/m0/s1. The van der Waals surface area contributed by atoms with E-state index in [1.54, 1.807) is 6.08 Å². The fourth-order valence-electron chi connectivity index (χ4n) is 1.84. The first-order chi connectivity index (χ1) is 6.57. The van der Waals surface area contributed by atoms with Gasteiger partial charge in [-0.3, -0.25) is 4.90 Å². The molecule has 1 saturated heterocycles. The minimum atomic E-state index is -1.17. The van der Waals surface area contributed by atoms with Gasteiger partial charge in [0, 0.05) is 6.04 Å². The first-order valence-corrected chi connectivity index (χ1v) is 4.43. The molecule has 0 radical (unpaired) electrons. The van der Waals surface area contributed by atoms with Crippen LogP contribution in [0.5, 0.6) is 0 Å². The van der Waals surface area contributed by atoms with Gasteiger partial charge >= 0.3 is 12.1 Å². The van der Waals surface area contributed by atoms with Gasteiger partial charge in [-0.15, -0.1) is 6.58 Å². The van der Waals surface area contributed by atoms with Crippen molar-refractivity contribution in [3.05, 3.63) is 12.7 Å². The van der Waals surface area contributed by atoms with Gasteiger partial charge in [0.2, 0.25) is 0 Å². The van der Waals surface area contributed by atoms with Gasteiger partial charge in [0.15, 0.2) is 0 Å². The van der Waals surface area contributed by atoms with Crippen LogP contribution in [0.25, 0.3) is 0 Å². The fraction of sp³-hybridized carbons (Fsp3) is 0.556. The van der Waals surface area contributed by atoms with E-state index < -0.39 is 18.1 Å². The number of likely N-dealkylation sites (tertiary alicyclic amines) is 1. The van der Waals surface area contributed by atoms with Gasteiger partial charge in [-0.25, -0.2) is 9.59 Å². The van der Waals surface area contributed by atoms with Gasteiger partial charge in [0.1, 0.15) is 6.04 Å². The summed E-state index contributed by atoms with van der Waals surface area (Å²) in [6, 6.07) is -1.12. The zero-order valence-corrected chi connectivity index (χ0v) is 7.72. The van der Waals surface area contributed by atoms with E-state index in [4.69, 9.17) is 10.2 Å².